The van der Waals surface area contributed by atoms with Gasteiger partial charge in [-0.15, -0.1) is 11.3 Å². The number of imidazole rings is 1. The summed E-state index contributed by atoms with van der Waals surface area (Å²) in [5.41, 5.74) is 6.62. The summed E-state index contributed by atoms with van der Waals surface area (Å²) in [7, 11) is 0. The largest absolute Gasteiger partial charge is 0.350 e. The molecule has 1 aliphatic heterocycles. The minimum Gasteiger partial charge on any atom is -0.350 e. The first-order valence-electron chi connectivity index (χ1n) is 10.4. The molecule has 1 fully saturated rings. The van der Waals surface area contributed by atoms with Crippen molar-refractivity contribution in [1.82, 2.24) is 24.8 Å². The van der Waals surface area contributed by atoms with Crippen molar-refractivity contribution in [2.45, 2.75) is 32.5 Å². The van der Waals surface area contributed by atoms with Gasteiger partial charge in [0.1, 0.15) is 5.65 Å². The Labute approximate surface area is 188 Å². The molecule has 10 heteroatoms. The summed E-state index contributed by atoms with van der Waals surface area (Å²) in [6, 6.07) is 9.46. The van der Waals surface area contributed by atoms with Gasteiger partial charge < -0.3 is 10.1 Å². The Morgan fingerprint density at radius 3 is 3.09 bits per heavy atom. The van der Waals surface area contributed by atoms with Crippen molar-refractivity contribution in [1.29, 1.82) is 0 Å². The van der Waals surface area contributed by atoms with Gasteiger partial charge in [-0.05, 0) is 44.0 Å². The van der Waals surface area contributed by atoms with E-state index >= 15 is 0 Å². The Kier molecular flexibility index (Phi) is 5.80. The highest BCUT2D eigenvalue weighted by atomic mass is 32.1. The third kappa shape index (κ3) is 4.33. The molecule has 0 aromatic carbocycles. The number of ether oxygens (including phenoxy) is 1. The molecule has 0 radical (unpaired) electrons. The molecule has 9 nitrogen and oxygen atoms in total. The van der Waals surface area contributed by atoms with Crippen LogP contribution in [-0.2, 0) is 9.57 Å². The highest BCUT2D eigenvalue weighted by Crippen LogP contribution is 2.26. The van der Waals surface area contributed by atoms with Crippen molar-refractivity contribution in [3.05, 3.63) is 58.7 Å². The number of aromatic nitrogens is 4. The first-order chi connectivity index (χ1) is 15.7. The lowest BCUT2D eigenvalue weighted by atomic mass is 10.2. The zero-order chi connectivity index (χ0) is 21.9. The standard InChI is InChI=1S/C22H22N6O3S/c1-14-20(28-10-4-2-6-18(28)24-14)16-8-9-23-22(26-16)25-15-12-17(32-13-15)21(29)27-31-19-7-3-5-11-30-19/h2,4,6,8-10,12-13,19H,3,5,7,11H2,1H3,(H,27,29)(H,23,25,26). The van der Waals surface area contributed by atoms with Crippen LogP contribution in [0.3, 0.4) is 0 Å². The SMILES string of the molecule is Cc1nc2ccccn2c1-c1ccnc(Nc2csc(C(=O)NOC3CCCCO3)c2)n1. The predicted octanol–water partition coefficient (Wildman–Crippen LogP) is 4.09. The number of amides is 1. The average molecular weight is 451 g/mol. The third-order valence-electron chi connectivity index (χ3n) is 5.10. The number of thiophene rings is 1. The molecule has 0 aliphatic carbocycles. The van der Waals surface area contributed by atoms with Crippen molar-refractivity contribution in [2.75, 3.05) is 11.9 Å². The number of fused-ring (bicyclic) bond motifs is 1. The van der Waals surface area contributed by atoms with E-state index in [0.717, 1.165) is 47.7 Å². The maximum atomic E-state index is 12.4. The van der Waals surface area contributed by atoms with Gasteiger partial charge in [-0.1, -0.05) is 6.07 Å². The summed E-state index contributed by atoms with van der Waals surface area (Å²) in [5, 5.41) is 5.00. The second-order valence-electron chi connectivity index (χ2n) is 7.41. The lowest BCUT2D eigenvalue weighted by molar-refractivity contribution is -0.186. The summed E-state index contributed by atoms with van der Waals surface area (Å²) in [6.07, 6.45) is 6.10. The van der Waals surface area contributed by atoms with Gasteiger partial charge in [-0.2, -0.15) is 0 Å². The summed E-state index contributed by atoms with van der Waals surface area (Å²) < 4.78 is 7.46. The Balaban J connectivity index is 1.29. The van der Waals surface area contributed by atoms with Crippen LogP contribution in [0.2, 0.25) is 0 Å². The topological polar surface area (TPSA) is 103 Å². The number of nitrogens with one attached hydrogen (secondary N) is 2. The second kappa shape index (κ2) is 9.03. The number of hydrogen-bond donors (Lipinski definition) is 2. The lowest BCUT2D eigenvalue weighted by Crippen LogP contribution is -2.32. The molecule has 4 aromatic rings. The van der Waals surface area contributed by atoms with Crippen LogP contribution in [0, 0.1) is 6.92 Å². The molecule has 0 saturated carbocycles. The number of anilines is 2. The summed E-state index contributed by atoms with van der Waals surface area (Å²) in [5.74, 6) is 0.123. The quantitative estimate of drug-likeness (QED) is 0.427. The number of hydrogen-bond acceptors (Lipinski definition) is 8. The van der Waals surface area contributed by atoms with E-state index in [0.29, 0.717) is 17.4 Å². The van der Waals surface area contributed by atoms with Gasteiger partial charge in [0.25, 0.3) is 5.91 Å². The molecule has 5 rings (SSSR count). The zero-order valence-electron chi connectivity index (χ0n) is 17.4. The van der Waals surface area contributed by atoms with E-state index in [-0.39, 0.29) is 12.2 Å². The van der Waals surface area contributed by atoms with Gasteiger partial charge in [-0.25, -0.2) is 25.3 Å². The maximum absolute atomic E-state index is 12.4. The summed E-state index contributed by atoms with van der Waals surface area (Å²) in [6.45, 7) is 2.61. The van der Waals surface area contributed by atoms with Crippen LogP contribution in [0.25, 0.3) is 17.0 Å². The highest BCUT2D eigenvalue weighted by Gasteiger charge is 2.18. The van der Waals surface area contributed by atoms with Crippen molar-refractivity contribution < 1.29 is 14.4 Å². The van der Waals surface area contributed by atoms with Crippen LogP contribution in [-0.4, -0.2) is 38.2 Å². The van der Waals surface area contributed by atoms with Crippen LogP contribution >= 0.6 is 11.3 Å². The van der Waals surface area contributed by atoms with E-state index in [2.05, 4.69) is 25.7 Å². The van der Waals surface area contributed by atoms with Gasteiger partial charge in [0, 0.05) is 30.8 Å². The fraction of sp³-hybridized carbons (Fsp3) is 0.273. The van der Waals surface area contributed by atoms with Crippen molar-refractivity contribution in [3.63, 3.8) is 0 Å². The molecule has 4 aromatic heterocycles. The van der Waals surface area contributed by atoms with E-state index in [1.165, 1.54) is 11.3 Å². The summed E-state index contributed by atoms with van der Waals surface area (Å²) >= 11 is 1.30. The van der Waals surface area contributed by atoms with Gasteiger partial charge in [0.05, 0.1) is 27.6 Å². The molecule has 1 unspecified atom stereocenters. The van der Waals surface area contributed by atoms with Crippen molar-refractivity contribution >= 4 is 34.5 Å². The normalized spacial score (nSPS) is 16.2. The fourth-order valence-corrected chi connectivity index (χ4v) is 4.32. The van der Waals surface area contributed by atoms with Crippen molar-refractivity contribution in [3.8, 4) is 11.4 Å². The minimum absolute atomic E-state index is 0.312. The van der Waals surface area contributed by atoms with Gasteiger partial charge in [-0.3, -0.25) is 9.20 Å². The molecular formula is C22H22N6O3S. The van der Waals surface area contributed by atoms with E-state index in [1.807, 2.05) is 47.2 Å². The molecule has 0 spiro atoms. The Bertz CT molecular complexity index is 1250. The van der Waals surface area contributed by atoms with Gasteiger partial charge in [0.2, 0.25) is 5.95 Å². The second-order valence-corrected chi connectivity index (χ2v) is 8.32. The van der Waals surface area contributed by atoms with E-state index in [9.17, 15) is 4.79 Å². The van der Waals surface area contributed by atoms with E-state index in [1.54, 1.807) is 12.3 Å². The smallest absolute Gasteiger partial charge is 0.285 e. The molecule has 164 valence electrons. The van der Waals surface area contributed by atoms with Crippen molar-refractivity contribution in [2.24, 2.45) is 0 Å². The van der Waals surface area contributed by atoms with Crippen LogP contribution in [0.4, 0.5) is 11.6 Å². The maximum Gasteiger partial charge on any atom is 0.285 e. The first kappa shape index (κ1) is 20.6. The molecule has 1 saturated heterocycles. The van der Waals surface area contributed by atoms with Crippen LogP contribution < -0.4 is 10.8 Å². The predicted molar refractivity (Wildman–Crippen MR) is 121 cm³/mol. The molecule has 1 amide bonds. The number of nitrogens with zero attached hydrogens (tertiary/aromatic N) is 4. The number of pyridine rings is 1. The zero-order valence-corrected chi connectivity index (χ0v) is 18.3. The van der Waals surface area contributed by atoms with Crippen LogP contribution in [0.5, 0.6) is 0 Å². The molecule has 5 heterocycles. The fourth-order valence-electron chi connectivity index (χ4n) is 3.60. The Morgan fingerprint density at radius 1 is 1.28 bits per heavy atom. The van der Waals surface area contributed by atoms with Crippen LogP contribution in [0.1, 0.15) is 34.6 Å². The van der Waals surface area contributed by atoms with Gasteiger partial charge >= 0.3 is 0 Å². The molecular weight excluding hydrogens is 428 g/mol. The Hall–Kier alpha value is -3.34. The number of aryl methyl sites for hydroxylation is 1. The number of rotatable bonds is 6. The molecule has 0 bridgehead atoms. The number of hydroxylamine groups is 1. The van der Waals surface area contributed by atoms with Crippen LogP contribution in [0.15, 0.2) is 48.1 Å². The molecule has 1 atom stereocenters. The number of carbonyl (C=O) groups excluding carboxylic acids is 1. The molecule has 1 aliphatic rings. The summed E-state index contributed by atoms with van der Waals surface area (Å²) in [4.78, 5) is 31.8. The highest BCUT2D eigenvalue weighted by molar-refractivity contribution is 7.12. The lowest BCUT2D eigenvalue weighted by Gasteiger charge is -2.21. The molecule has 2 N–H and O–H groups in total. The molecule has 32 heavy (non-hydrogen) atoms. The van der Waals surface area contributed by atoms with Gasteiger partial charge in [0.15, 0.2) is 6.29 Å². The monoisotopic (exact) mass is 450 g/mol. The first-order valence-corrected chi connectivity index (χ1v) is 11.3. The average Bonchev–Trinajstić information content (AvgIpc) is 3.42. The Morgan fingerprint density at radius 2 is 2.22 bits per heavy atom. The minimum atomic E-state index is -0.385. The van der Waals surface area contributed by atoms with E-state index in [4.69, 9.17) is 9.57 Å². The van der Waals surface area contributed by atoms with E-state index < -0.39 is 0 Å². The number of carbonyl (C=O) groups is 1. The third-order valence-corrected chi connectivity index (χ3v) is 6.03.